The molecule has 1 aliphatic carbocycles. The highest BCUT2D eigenvalue weighted by Crippen LogP contribution is 2.50. The fourth-order valence-electron chi connectivity index (χ4n) is 10.5. The summed E-state index contributed by atoms with van der Waals surface area (Å²) in [6.07, 6.45) is 0. The van der Waals surface area contributed by atoms with Gasteiger partial charge in [-0.05, 0) is 146 Å². The largest absolute Gasteiger partial charge is 0.456 e. The Labute approximate surface area is 388 Å². The lowest BCUT2D eigenvalue weighted by Crippen LogP contribution is -2.14. The molecular formula is C63H43NOS. The topological polar surface area (TPSA) is 16.4 Å². The van der Waals surface area contributed by atoms with E-state index in [1.54, 1.807) is 0 Å². The number of para-hydroxylation sites is 1. The molecule has 0 amide bonds. The summed E-state index contributed by atoms with van der Waals surface area (Å²) in [5.41, 5.74) is 20.0. The Hall–Kier alpha value is -7.98. The van der Waals surface area contributed by atoms with Gasteiger partial charge in [-0.25, -0.2) is 0 Å². The van der Waals surface area contributed by atoms with E-state index in [1.807, 2.05) is 23.5 Å². The highest BCUT2D eigenvalue weighted by Gasteiger charge is 2.35. The minimum atomic E-state index is -0.0167. The molecule has 0 spiro atoms. The Kier molecular flexibility index (Phi) is 8.78. The highest BCUT2D eigenvalue weighted by atomic mass is 32.1. The van der Waals surface area contributed by atoms with Crippen molar-refractivity contribution in [2.45, 2.75) is 19.3 Å². The first kappa shape index (κ1) is 38.5. The summed E-state index contributed by atoms with van der Waals surface area (Å²) in [7, 11) is 0. The molecule has 312 valence electrons. The first-order chi connectivity index (χ1) is 32.4. The van der Waals surface area contributed by atoms with Crippen LogP contribution in [-0.2, 0) is 5.41 Å². The zero-order chi connectivity index (χ0) is 43.9. The summed E-state index contributed by atoms with van der Waals surface area (Å²) in [5, 5.41) is 4.91. The van der Waals surface area contributed by atoms with Gasteiger partial charge in [0.2, 0.25) is 0 Å². The van der Waals surface area contributed by atoms with E-state index in [1.165, 1.54) is 70.2 Å². The van der Waals surface area contributed by atoms with Gasteiger partial charge in [-0.1, -0.05) is 159 Å². The van der Waals surface area contributed by atoms with Crippen LogP contribution in [0.5, 0.6) is 0 Å². The third-order valence-electron chi connectivity index (χ3n) is 13.9. The van der Waals surface area contributed by atoms with Crippen LogP contribution in [0.2, 0.25) is 0 Å². The number of hydrogen-bond donors (Lipinski definition) is 0. The van der Waals surface area contributed by atoms with Gasteiger partial charge in [-0.3, -0.25) is 0 Å². The van der Waals surface area contributed by atoms with Crippen LogP contribution in [0.25, 0.3) is 97.7 Å². The minimum absolute atomic E-state index is 0.0167. The summed E-state index contributed by atoms with van der Waals surface area (Å²) < 4.78 is 8.79. The van der Waals surface area contributed by atoms with Gasteiger partial charge in [0.25, 0.3) is 0 Å². The minimum Gasteiger partial charge on any atom is -0.456 e. The Morgan fingerprint density at radius 1 is 0.333 bits per heavy atom. The van der Waals surface area contributed by atoms with Gasteiger partial charge in [0.15, 0.2) is 0 Å². The predicted molar refractivity (Wildman–Crippen MR) is 281 cm³/mol. The molecule has 66 heavy (non-hydrogen) atoms. The van der Waals surface area contributed by atoms with E-state index < -0.39 is 0 Å². The molecule has 10 aromatic carbocycles. The lowest BCUT2D eigenvalue weighted by atomic mass is 9.82. The van der Waals surface area contributed by atoms with E-state index in [0.29, 0.717) is 0 Å². The van der Waals surface area contributed by atoms with Gasteiger partial charge in [0, 0.05) is 53.4 Å². The maximum Gasteiger partial charge on any atom is 0.135 e. The normalized spacial score (nSPS) is 12.8. The Morgan fingerprint density at radius 2 is 0.879 bits per heavy atom. The fraction of sp³-hybridized carbons (Fsp3) is 0.0476. The van der Waals surface area contributed by atoms with Crippen molar-refractivity contribution in [1.29, 1.82) is 0 Å². The van der Waals surface area contributed by atoms with Crippen LogP contribution in [0, 0.1) is 0 Å². The van der Waals surface area contributed by atoms with Gasteiger partial charge >= 0.3 is 0 Å². The smallest absolute Gasteiger partial charge is 0.135 e. The molecule has 2 heterocycles. The molecule has 12 aromatic rings. The van der Waals surface area contributed by atoms with Gasteiger partial charge < -0.3 is 9.32 Å². The average Bonchev–Trinajstić information content (AvgIpc) is 4.01. The number of fused-ring (bicyclic) bond motifs is 9. The Morgan fingerprint density at radius 3 is 1.67 bits per heavy atom. The molecular weight excluding hydrogens is 819 g/mol. The first-order valence-electron chi connectivity index (χ1n) is 22.7. The van der Waals surface area contributed by atoms with E-state index >= 15 is 0 Å². The van der Waals surface area contributed by atoms with Crippen molar-refractivity contribution >= 4 is 70.5 Å². The first-order valence-corrected chi connectivity index (χ1v) is 23.5. The average molecular weight is 862 g/mol. The number of benzene rings is 10. The summed E-state index contributed by atoms with van der Waals surface area (Å²) in [4.78, 5) is 2.38. The maximum atomic E-state index is 6.16. The molecule has 0 N–H and O–H groups in total. The van der Waals surface area contributed by atoms with Crippen LogP contribution in [-0.4, -0.2) is 0 Å². The number of furan rings is 1. The third-order valence-corrected chi connectivity index (χ3v) is 15.0. The zero-order valence-electron chi connectivity index (χ0n) is 36.6. The van der Waals surface area contributed by atoms with E-state index in [2.05, 4.69) is 231 Å². The molecule has 2 aromatic heterocycles. The molecule has 0 saturated carbocycles. The third kappa shape index (κ3) is 6.30. The molecule has 0 radical (unpaired) electrons. The van der Waals surface area contributed by atoms with Gasteiger partial charge in [0.1, 0.15) is 11.2 Å². The molecule has 0 unspecified atom stereocenters. The molecule has 2 nitrogen and oxygen atoms in total. The van der Waals surface area contributed by atoms with E-state index in [0.717, 1.165) is 55.7 Å². The molecule has 1 aliphatic rings. The standard InChI is InChI=1S/C63H43NOS/c1-63(2)57-18-6-3-15-51(57)55-37-46(26-33-58(55)63)43-12-9-11-42(35-43)44-13-10-14-50(36-44)64(48-28-21-40(22-29-48)45-27-34-60-56(38-45)52-16-4-7-19-59(52)65-60)49-30-23-41(24-31-49)47-25-32-54-53-17-5-8-20-61(53)66-62(54)39-47/h3-39H,1-2H3. The Balaban J connectivity index is 0.876. The highest BCUT2D eigenvalue weighted by molar-refractivity contribution is 7.25. The second kappa shape index (κ2) is 15.1. The van der Waals surface area contributed by atoms with Crippen LogP contribution in [0.4, 0.5) is 17.1 Å². The number of nitrogens with zero attached hydrogens (tertiary/aromatic N) is 1. The van der Waals surface area contributed by atoms with Crippen LogP contribution in [0.15, 0.2) is 229 Å². The maximum absolute atomic E-state index is 6.16. The van der Waals surface area contributed by atoms with Crippen molar-refractivity contribution in [2.24, 2.45) is 0 Å². The predicted octanol–water partition coefficient (Wildman–Crippen LogP) is 18.4. The van der Waals surface area contributed by atoms with Crippen molar-refractivity contribution < 1.29 is 4.42 Å². The summed E-state index contributed by atoms with van der Waals surface area (Å²) in [6, 6.07) is 82.3. The quantitative estimate of drug-likeness (QED) is 0.159. The van der Waals surface area contributed by atoms with Crippen LogP contribution in [0.1, 0.15) is 25.0 Å². The van der Waals surface area contributed by atoms with Crippen LogP contribution < -0.4 is 4.90 Å². The van der Waals surface area contributed by atoms with Crippen molar-refractivity contribution in [3.05, 3.63) is 236 Å². The number of thiophene rings is 1. The van der Waals surface area contributed by atoms with Gasteiger partial charge in [-0.15, -0.1) is 11.3 Å². The summed E-state index contributed by atoms with van der Waals surface area (Å²) in [5.74, 6) is 0. The van der Waals surface area contributed by atoms with E-state index in [-0.39, 0.29) is 5.41 Å². The number of anilines is 3. The second-order valence-electron chi connectivity index (χ2n) is 18.1. The molecule has 0 bridgehead atoms. The van der Waals surface area contributed by atoms with Crippen molar-refractivity contribution in [1.82, 2.24) is 0 Å². The Bertz CT molecular complexity index is 3850. The molecule has 13 rings (SSSR count). The van der Waals surface area contributed by atoms with Gasteiger partial charge in [0.05, 0.1) is 0 Å². The molecule has 0 fully saturated rings. The lowest BCUT2D eigenvalue weighted by Gasteiger charge is -2.26. The van der Waals surface area contributed by atoms with Gasteiger partial charge in [-0.2, -0.15) is 0 Å². The van der Waals surface area contributed by atoms with Crippen LogP contribution in [0.3, 0.4) is 0 Å². The van der Waals surface area contributed by atoms with Crippen molar-refractivity contribution in [3.63, 3.8) is 0 Å². The van der Waals surface area contributed by atoms with E-state index in [9.17, 15) is 0 Å². The van der Waals surface area contributed by atoms with E-state index in [4.69, 9.17) is 4.42 Å². The lowest BCUT2D eigenvalue weighted by molar-refractivity contribution is 0.660. The second-order valence-corrected chi connectivity index (χ2v) is 19.2. The summed E-state index contributed by atoms with van der Waals surface area (Å²) >= 11 is 1.86. The molecule has 0 saturated heterocycles. The summed E-state index contributed by atoms with van der Waals surface area (Å²) in [6.45, 7) is 4.68. The monoisotopic (exact) mass is 861 g/mol. The fourth-order valence-corrected chi connectivity index (χ4v) is 11.6. The number of hydrogen-bond acceptors (Lipinski definition) is 3. The molecule has 0 atom stereocenters. The van der Waals surface area contributed by atoms with Crippen molar-refractivity contribution in [3.8, 4) is 55.6 Å². The molecule has 3 heteroatoms. The zero-order valence-corrected chi connectivity index (χ0v) is 37.4. The number of rotatable bonds is 7. The van der Waals surface area contributed by atoms with Crippen LogP contribution >= 0.6 is 11.3 Å². The SMILES string of the molecule is CC1(C)c2ccccc2-c2cc(-c3cccc(-c4cccc(N(c5ccc(-c6ccc7c(c6)sc6ccccc67)cc5)c5ccc(-c6ccc7oc8ccccc8c7c6)cc5)c4)c3)ccc21. The molecule has 0 aliphatic heterocycles. The van der Waals surface area contributed by atoms with Crippen molar-refractivity contribution in [2.75, 3.05) is 4.90 Å².